The minimum atomic E-state index is -0.309. The molecule has 0 N–H and O–H groups in total. The van der Waals surface area contributed by atoms with Crippen LogP contribution in [0.2, 0.25) is 5.02 Å². The van der Waals surface area contributed by atoms with Crippen molar-refractivity contribution < 1.29 is 9.15 Å². The van der Waals surface area contributed by atoms with E-state index in [4.69, 9.17) is 20.8 Å². The van der Waals surface area contributed by atoms with E-state index in [2.05, 4.69) is 21.2 Å². The fourth-order valence-corrected chi connectivity index (χ4v) is 3.82. The van der Waals surface area contributed by atoms with E-state index in [1.807, 2.05) is 12.1 Å². The standard InChI is InChI=1S/C16H15ClN4O2/c1-10-19-20-15(23-10)16-8-21(6-11(16)7-22-9-16)14-4-2-3-13(17)12(14)5-18/h2-4,11H,6-9H2,1H3/t11-,16-/m0/s1. The molecule has 23 heavy (non-hydrogen) atoms. The fraction of sp³-hybridized carbons (Fsp3) is 0.438. The Kier molecular flexibility index (Phi) is 3.29. The lowest BCUT2D eigenvalue weighted by Crippen LogP contribution is -2.36. The van der Waals surface area contributed by atoms with E-state index in [1.165, 1.54) is 0 Å². The third kappa shape index (κ3) is 2.12. The second kappa shape index (κ2) is 5.22. The Bertz CT molecular complexity index is 800. The molecule has 0 amide bonds. The molecule has 4 rings (SSSR count). The molecule has 2 aliphatic heterocycles. The highest BCUT2D eigenvalue weighted by molar-refractivity contribution is 6.32. The number of aryl methyl sites for hydroxylation is 1. The van der Waals surface area contributed by atoms with E-state index in [9.17, 15) is 5.26 Å². The van der Waals surface area contributed by atoms with Crippen LogP contribution in [0.15, 0.2) is 22.6 Å². The van der Waals surface area contributed by atoms with Gasteiger partial charge in [0.2, 0.25) is 11.8 Å². The maximum Gasteiger partial charge on any atom is 0.227 e. The molecule has 0 radical (unpaired) electrons. The first kappa shape index (κ1) is 14.5. The number of ether oxygens (including phenoxy) is 1. The lowest BCUT2D eigenvalue weighted by Gasteiger charge is -2.24. The number of anilines is 1. The van der Waals surface area contributed by atoms with E-state index >= 15 is 0 Å². The summed E-state index contributed by atoms with van der Waals surface area (Å²) in [6.45, 7) is 4.44. The third-order valence-electron chi connectivity index (χ3n) is 4.77. The minimum absolute atomic E-state index is 0.257. The van der Waals surface area contributed by atoms with Crippen molar-refractivity contribution in [1.82, 2.24) is 10.2 Å². The smallest absolute Gasteiger partial charge is 0.227 e. The molecule has 3 heterocycles. The molecule has 2 saturated heterocycles. The van der Waals surface area contributed by atoms with Crippen molar-refractivity contribution in [2.75, 3.05) is 31.2 Å². The largest absolute Gasteiger partial charge is 0.425 e. The number of aromatic nitrogens is 2. The molecule has 0 unspecified atom stereocenters. The first-order valence-electron chi connectivity index (χ1n) is 7.46. The Morgan fingerprint density at radius 1 is 1.43 bits per heavy atom. The monoisotopic (exact) mass is 330 g/mol. The summed E-state index contributed by atoms with van der Waals surface area (Å²) < 4.78 is 11.4. The van der Waals surface area contributed by atoms with Gasteiger partial charge >= 0.3 is 0 Å². The molecular formula is C16H15ClN4O2. The number of hydrogen-bond donors (Lipinski definition) is 0. The van der Waals surface area contributed by atoms with Crippen molar-refractivity contribution in [3.63, 3.8) is 0 Å². The molecule has 0 spiro atoms. The van der Waals surface area contributed by atoms with Crippen molar-refractivity contribution in [2.24, 2.45) is 5.92 Å². The molecule has 7 heteroatoms. The molecule has 6 nitrogen and oxygen atoms in total. The van der Waals surface area contributed by atoms with Gasteiger partial charge in [0.05, 0.1) is 34.9 Å². The highest BCUT2D eigenvalue weighted by Gasteiger charge is 2.55. The van der Waals surface area contributed by atoms with Gasteiger partial charge in [-0.1, -0.05) is 17.7 Å². The normalized spacial score (nSPS) is 26.3. The van der Waals surface area contributed by atoms with Gasteiger partial charge in [-0.15, -0.1) is 10.2 Å². The first-order chi connectivity index (χ1) is 11.1. The van der Waals surface area contributed by atoms with Gasteiger partial charge in [-0.25, -0.2) is 0 Å². The summed E-state index contributed by atoms with van der Waals surface area (Å²) in [5.41, 5.74) is 1.05. The van der Waals surface area contributed by atoms with Crippen LogP contribution in [0.3, 0.4) is 0 Å². The van der Waals surface area contributed by atoms with Crippen LogP contribution in [0.4, 0.5) is 5.69 Å². The number of nitriles is 1. The zero-order valence-electron chi connectivity index (χ0n) is 12.6. The summed E-state index contributed by atoms with van der Waals surface area (Å²) >= 11 is 6.17. The maximum absolute atomic E-state index is 9.42. The summed E-state index contributed by atoms with van der Waals surface area (Å²) in [4.78, 5) is 2.18. The molecule has 0 saturated carbocycles. The number of fused-ring (bicyclic) bond motifs is 1. The van der Waals surface area contributed by atoms with Crippen LogP contribution in [0.25, 0.3) is 0 Å². The number of hydrogen-bond acceptors (Lipinski definition) is 6. The molecular weight excluding hydrogens is 316 g/mol. The number of rotatable bonds is 2. The Morgan fingerprint density at radius 2 is 2.30 bits per heavy atom. The lowest BCUT2D eigenvalue weighted by molar-refractivity contribution is 0.166. The Labute approximate surface area is 138 Å². The van der Waals surface area contributed by atoms with E-state index in [0.29, 0.717) is 42.1 Å². The lowest BCUT2D eigenvalue weighted by atomic mass is 9.81. The van der Waals surface area contributed by atoms with E-state index in [0.717, 1.165) is 12.2 Å². The predicted molar refractivity (Wildman–Crippen MR) is 83.4 cm³/mol. The second-order valence-corrected chi connectivity index (χ2v) is 6.53. The van der Waals surface area contributed by atoms with Gasteiger partial charge in [0.15, 0.2) is 0 Å². The zero-order valence-corrected chi connectivity index (χ0v) is 13.4. The van der Waals surface area contributed by atoms with Crippen molar-refractivity contribution in [3.8, 4) is 6.07 Å². The van der Waals surface area contributed by atoms with Gasteiger partial charge in [0, 0.05) is 25.9 Å². The number of nitrogens with zero attached hydrogens (tertiary/aromatic N) is 4. The molecule has 0 aliphatic carbocycles. The second-order valence-electron chi connectivity index (χ2n) is 6.12. The van der Waals surface area contributed by atoms with Crippen LogP contribution >= 0.6 is 11.6 Å². The van der Waals surface area contributed by atoms with Crippen LogP contribution in [0.5, 0.6) is 0 Å². The van der Waals surface area contributed by atoms with Crippen molar-refractivity contribution in [3.05, 3.63) is 40.6 Å². The summed E-state index contributed by atoms with van der Waals surface area (Å²) in [6, 6.07) is 7.74. The average Bonchev–Trinajstić information content (AvgIpc) is 3.20. The SMILES string of the molecule is Cc1nnc([C@@]23COC[C@@H]2CN(c2cccc(Cl)c2C#N)C3)o1. The molecule has 2 aromatic rings. The van der Waals surface area contributed by atoms with Gasteiger partial charge in [0.1, 0.15) is 6.07 Å². The topological polar surface area (TPSA) is 75.2 Å². The van der Waals surface area contributed by atoms with Gasteiger partial charge in [-0.05, 0) is 12.1 Å². The number of benzene rings is 1. The zero-order chi connectivity index (χ0) is 16.0. The summed E-state index contributed by atoms with van der Waals surface area (Å²) in [5, 5.41) is 18.1. The van der Waals surface area contributed by atoms with Gasteiger partial charge in [-0.3, -0.25) is 0 Å². The quantitative estimate of drug-likeness (QED) is 0.841. The molecule has 1 aromatic carbocycles. The number of halogens is 1. The highest BCUT2D eigenvalue weighted by Crippen LogP contribution is 2.45. The van der Waals surface area contributed by atoms with Crippen LogP contribution in [0, 0.1) is 24.2 Å². The Balaban J connectivity index is 1.74. The van der Waals surface area contributed by atoms with Crippen LogP contribution in [-0.4, -0.2) is 36.5 Å². The predicted octanol–water partition coefficient (Wildman–Crippen LogP) is 2.31. The molecule has 1 aromatic heterocycles. The first-order valence-corrected chi connectivity index (χ1v) is 7.84. The molecule has 118 valence electrons. The van der Waals surface area contributed by atoms with Crippen LogP contribution < -0.4 is 4.90 Å². The average molecular weight is 331 g/mol. The third-order valence-corrected chi connectivity index (χ3v) is 5.08. The molecule has 2 aliphatic rings. The minimum Gasteiger partial charge on any atom is -0.425 e. The van der Waals surface area contributed by atoms with E-state index in [1.54, 1.807) is 13.0 Å². The van der Waals surface area contributed by atoms with E-state index in [-0.39, 0.29) is 11.3 Å². The molecule has 2 fully saturated rings. The van der Waals surface area contributed by atoms with Crippen molar-refractivity contribution >= 4 is 17.3 Å². The highest BCUT2D eigenvalue weighted by atomic mass is 35.5. The van der Waals surface area contributed by atoms with Crippen LogP contribution in [0.1, 0.15) is 17.3 Å². The molecule has 2 atom stereocenters. The van der Waals surface area contributed by atoms with Crippen LogP contribution in [-0.2, 0) is 10.2 Å². The van der Waals surface area contributed by atoms with Crippen molar-refractivity contribution in [2.45, 2.75) is 12.3 Å². The molecule has 0 bridgehead atoms. The summed E-state index contributed by atoms with van der Waals surface area (Å²) in [7, 11) is 0. The van der Waals surface area contributed by atoms with Gasteiger partial charge in [0.25, 0.3) is 0 Å². The summed E-state index contributed by atoms with van der Waals surface area (Å²) in [5.74, 6) is 1.44. The summed E-state index contributed by atoms with van der Waals surface area (Å²) in [6.07, 6.45) is 0. The van der Waals surface area contributed by atoms with Gasteiger partial charge in [-0.2, -0.15) is 5.26 Å². The van der Waals surface area contributed by atoms with E-state index < -0.39 is 0 Å². The Morgan fingerprint density at radius 3 is 3.04 bits per heavy atom. The van der Waals surface area contributed by atoms with Crippen molar-refractivity contribution in [1.29, 1.82) is 5.26 Å². The maximum atomic E-state index is 9.42. The fourth-order valence-electron chi connectivity index (χ4n) is 3.61. The Hall–Kier alpha value is -2.10. The van der Waals surface area contributed by atoms with Gasteiger partial charge < -0.3 is 14.1 Å².